The zero-order valence-electron chi connectivity index (χ0n) is 16.9. The smallest absolute Gasteiger partial charge is 0.257 e. The largest absolute Gasteiger partial charge is 0.335 e. The van der Waals surface area contributed by atoms with E-state index >= 15 is 0 Å². The van der Waals surface area contributed by atoms with Crippen molar-refractivity contribution in [1.29, 1.82) is 0 Å². The Labute approximate surface area is 177 Å². The summed E-state index contributed by atoms with van der Waals surface area (Å²) in [5.41, 5.74) is 2.87. The normalized spacial score (nSPS) is 18.7. The minimum Gasteiger partial charge on any atom is -0.335 e. The first-order valence-corrected chi connectivity index (χ1v) is 10.2. The molecule has 158 valence electrons. The molecule has 2 aromatic carbocycles. The molecule has 1 aliphatic heterocycles. The third-order valence-corrected chi connectivity index (χ3v) is 6.01. The monoisotopic (exact) mass is 421 g/mol. The van der Waals surface area contributed by atoms with Crippen molar-refractivity contribution in [3.8, 4) is 11.1 Å². The van der Waals surface area contributed by atoms with Gasteiger partial charge in [-0.3, -0.25) is 14.6 Å². The molecule has 1 fully saturated rings. The van der Waals surface area contributed by atoms with Gasteiger partial charge < -0.3 is 4.90 Å². The van der Waals surface area contributed by atoms with E-state index in [1.54, 1.807) is 11.1 Å². The second kappa shape index (κ2) is 7.61. The number of hydrogen-bond acceptors (Lipinski definition) is 3. The van der Waals surface area contributed by atoms with Gasteiger partial charge in [-0.2, -0.15) is 10.2 Å². The number of fused-ring (bicyclic) bond motifs is 1. The summed E-state index contributed by atoms with van der Waals surface area (Å²) in [6, 6.07) is 9.79. The third-order valence-electron chi connectivity index (χ3n) is 6.01. The second-order valence-electron chi connectivity index (χ2n) is 8.10. The van der Waals surface area contributed by atoms with Crippen molar-refractivity contribution in [2.24, 2.45) is 5.92 Å². The molecule has 5 rings (SSSR count). The van der Waals surface area contributed by atoms with Crippen LogP contribution in [0.15, 0.2) is 55.0 Å². The van der Waals surface area contributed by atoms with Gasteiger partial charge in [0.25, 0.3) is 5.91 Å². The number of amides is 1. The van der Waals surface area contributed by atoms with E-state index in [9.17, 15) is 13.6 Å². The molecule has 1 amide bonds. The molecule has 31 heavy (non-hydrogen) atoms. The quantitative estimate of drug-likeness (QED) is 0.536. The van der Waals surface area contributed by atoms with Crippen LogP contribution in [-0.2, 0) is 6.54 Å². The summed E-state index contributed by atoms with van der Waals surface area (Å²) < 4.78 is 29.6. The van der Waals surface area contributed by atoms with Crippen molar-refractivity contribution in [3.05, 3.63) is 72.2 Å². The second-order valence-corrected chi connectivity index (χ2v) is 8.10. The van der Waals surface area contributed by atoms with Gasteiger partial charge in [0.05, 0.1) is 23.5 Å². The molecule has 2 aromatic heterocycles. The molecule has 1 aliphatic rings. The number of aromatic nitrogens is 4. The van der Waals surface area contributed by atoms with Gasteiger partial charge in [-0.15, -0.1) is 0 Å². The molecular formula is C23H21F2N5O. The Morgan fingerprint density at radius 2 is 2.06 bits per heavy atom. The van der Waals surface area contributed by atoms with Gasteiger partial charge in [-0.1, -0.05) is 12.1 Å². The lowest BCUT2D eigenvalue weighted by Gasteiger charge is -2.22. The Hall–Kier alpha value is -3.55. The zero-order valence-corrected chi connectivity index (χ0v) is 16.9. The lowest BCUT2D eigenvalue weighted by atomic mass is 10.1. The molecule has 2 atom stereocenters. The van der Waals surface area contributed by atoms with E-state index in [2.05, 4.69) is 21.4 Å². The van der Waals surface area contributed by atoms with Crippen LogP contribution in [0, 0.1) is 17.6 Å². The maximum Gasteiger partial charge on any atom is 0.257 e. The predicted octanol–water partition coefficient (Wildman–Crippen LogP) is 4.26. The van der Waals surface area contributed by atoms with Crippen LogP contribution in [0.4, 0.5) is 8.78 Å². The maximum atomic E-state index is 14.1. The molecule has 0 aliphatic carbocycles. The van der Waals surface area contributed by atoms with Crippen LogP contribution in [-0.4, -0.2) is 43.4 Å². The van der Waals surface area contributed by atoms with Gasteiger partial charge in [-0.25, -0.2) is 8.78 Å². The number of carbonyl (C=O) groups is 1. The number of halogens is 2. The van der Waals surface area contributed by atoms with E-state index in [0.717, 1.165) is 34.5 Å². The number of hydrogen-bond donors (Lipinski definition) is 1. The van der Waals surface area contributed by atoms with Gasteiger partial charge in [0, 0.05) is 36.3 Å². The van der Waals surface area contributed by atoms with Crippen molar-refractivity contribution in [1.82, 2.24) is 24.9 Å². The summed E-state index contributed by atoms with van der Waals surface area (Å²) in [6.45, 7) is 3.06. The minimum absolute atomic E-state index is 0.0605. The van der Waals surface area contributed by atoms with Crippen LogP contribution in [0.5, 0.6) is 0 Å². The number of rotatable bonds is 4. The van der Waals surface area contributed by atoms with E-state index in [0.29, 0.717) is 13.1 Å². The molecule has 4 aromatic rings. The van der Waals surface area contributed by atoms with E-state index in [1.807, 2.05) is 36.1 Å². The number of benzene rings is 2. The van der Waals surface area contributed by atoms with Crippen LogP contribution < -0.4 is 0 Å². The summed E-state index contributed by atoms with van der Waals surface area (Å²) in [4.78, 5) is 14.5. The molecular weight excluding hydrogens is 400 g/mol. The molecule has 0 bridgehead atoms. The fraction of sp³-hybridized carbons (Fsp3) is 0.261. The van der Waals surface area contributed by atoms with Crippen molar-refractivity contribution in [2.75, 3.05) is 6.54 Å². The molecule has 8 heteroatoms. The Morgan fingerprint density at radius 3 is 2.87 bits per heavy atom. The summed E-state index contributed by atoms with van der Waals surface area (Å²) in [7, 11) is 0. The summed E-state index contributed by atoms with van der Waals surface area (Å²) in [6.07, 6.45) is 6.23. The van der Waals surface area contributed by atoms with Crippen molar-refractivity contribution in [3.63, 3.8) is 0 Å². The summed E-state index contributed by atoms with van der Waals surface area (Å²) in [5.74, 6) is -2.39. The number of nitrogens with one attached hydrogen (secondary N) is 1. The first kappa shape index (κ1) is 19.4. The average Bonchev–Trinajstić information content (AvgIpc) is 3.50. The lowest BCUT2D eigenvalue weighted by molar-refractivity contribution is 0.0736. The fourth-order valence-electron chi connectivity index (χ4n) is 4.45. The van der Waals surface area contributed by atoms with E-state index in [4.69, 9.17) is 0 Å². The number of likely N-dealkylation sites (tertiary alicyclic amines) is 1. The number of H-pyrrole nitrogens is 1. The highest BCUT2D eigenvalue weighted by Crippen LogP contribution is 2.29. The van der Waals surface area contributed by atoms with Gasteiger partial charge in [0.1, 0.15) is 0 Å². The van der Waals surface area contributed by atoms with Crippen molar-refractivity contribution >= 4 is 16.8 Å². The molecule has 1 unspecified atom stereocenters. The SMILES string of the molecule is C[C@@H]1CC(Cn2ncc3cc(-c4cn[nH]c4)ccc32)CN1C(=O)c1cccc(F)c1F. The zero-order chi connectivity index (χ0) is 21.5. The maximum absolute atomic E-state index is 14.1. The highest BCUT2D eigenvalue weighted by molar-refractivity contribution is 5.95. The van der Waals surface area contributed by atoms with E-state index < -0.39 is 17.5 Å². The molecule has 1 N–H and O–H groups in total. The minimum atomic E-state index is -1.09. The Kier molecular flexibility index (Phi) is 4.77. The number of aromatic amines is 1. The molecule has 1 saturated heterocycles. The van der Waals surface area contributed by atoms with E-state index in [-0.39, 0.29) is 17.5 Å². The molecule has 0 saturated carbocycles. The highest BCUT2D eigenvalue weighted by Gasteiger charge is 2.34. The van der Waals surface area contributed by atoms with Gasteiger partial charge >= 0.3 is 0 Å². The average molecular weight is 421 g/mol. The van der Waals surface area contributed by atoms with Gasteiger partial charge in [-0.05, 0) is 49.1 Å². The lowest BCUT2D eigenvalue weighted by Crippen LogP contribution is -2.35. The van der Waals surface area contributed by atoms with Gasteiger partial charge in [0.15, 0.2) is 11.6 Å². The van der Waals surface area contributed by atoms with Crippen molar-refractivity contribution < 1.29 is 13.6 Å². The predicted molar refractivity (Wildman–Crippen MR) is 112 cm³/mol. The molecule has 0 spiro atoms. The number of nitrogens with zero attached hydrogens (tertiary/aromatic N) is 4. The van der Waals surface area contributed by atoms with Crippen LogP contribution in [0.25, 0.3) is 22.0 Å². The van der Waals surface area contributed by atoms with Crippen LogP contribution in [0.1, 0.15) is 23.7 Å². The highest BCUT2D eigenvalue weighted by atomic mass is 19.2. The van der Waals surface area contributed by atoms with Crippen LogP contribution >= 0.6 is 0 Å². The van der Waals surface area contributed by atoms with Crippen LogP contribution in [0.3, 0.4) is 0 Å². The van der Waals surface area contributed by atoms with Crippen LogP contribution in [0.2, 0.25) is 0 Å². The van der Waals surface area contributed by atoms with Gasteiger partial charge in [0.2, 0.25) is 0 Å². The topological polar surface area (TPSA) is 66.8 Å². The Balaban J connectivity index is 1.34. The first-order valence-electron chi connectivity index (χ1n) is 10.2. The molecule has 6 nitrogen and oxygen atoms in total. The van der Waals surface area contributed by atoms with Crippen molar-refractivity contribution in [2.45, 2.75) is 25.9 Å². The Morgan fingerprint density at radius 1 is 1.19 bits per heavy atom. The van der Waals surface area contributed by atoms with E-state index in [1.165, 1.54) is 12.1 Å². The Bertz CT molecular complexity index is 1250. The fourth-order valence-corrected chi connectivity index (χ4v) is 4.45. The molecule has 0 radical (unpaired) electrons. The number of carbonyl (C=O) groups excluding carboxylic acids is 1. The molecule has 3 heterocycles. The standard InChI is InChI=1S/C23H21F2N5O/c1-14-7-15(12-29(14)23(31)19-3-2-4-20(24)22(19)25)13-30-21-6-5-16(8-17(21)11-28-30)18-9-26-27-10-18/h2-6,8-11,14-15H,7,12-13H2,1H3,(H,26,27)/t14-,15?/m1/s1. The first-order chi connectivity index (χ1) is 15.0. The summed E-state index contributed by atoms with van der Waals surface area (Å²) in [5, 5.41) is 12.4. The third kappa shape index (κ3) is 3.48. The summed E-state index contributed by atoms with van der Waals surface area (Å²) >= 11 is 0.